The first-order chi connectivity index (χ1) is 10.1. The molecule has 4 heteroatoms. The van der Waals surface area contributed by atoms with Gasteiger partial charge in [-0.1, -0.05) is 40.5 Å². The van der Waals surface area contributed by atoms with Crippen LogP contribution in [0.3, 0.4) is 0 Å². The van der Waals surface area contributed by atoms with E-state index in [9.17, 15) is 0 Å². The molecule has 4 nitrogen and oxygen atoms in total. The van der Waals surface area contributed by atoms with Crippen LogP contribution in [0, 0.1) is 11.3 Å². The fourth-order valence-electron chi connectivity index (χ4n) is 3.72. The summed E-state index contributed by atoms with van der Waals surface area (Å²) in [5.74, 6) is 1.46. The highest BCUT2D eigenvalue weighted by molar-refractivity contribution is 5.26. The molecule has 1 aliphatic carbocycles. The number of aryl methyl sites for hydroxylation is 2. The van der Waals surface area contributed by atoms with Gasteiger partial charge in [-0.15, -0.1) is 5.10 Å². The maximum Gasteiger partial charge on any atom is 0.242 e. The maximum absolute atomic E-state index is 4.65. The van der Waals surface area contributed by atoms with Gasteiger partial charge < -0.3 is 5.32 Å². The van der Waals surface area contributed by atoms with Gasteiger partial charge in [0.05, 0.1) is 11.4 Å². The summed E-state index contributed by atoms with van der Waals surface area (Å²) < 4.78 is 0. The summed E-state index contributed by atoms with van der Waals surface area (Å²) >= 11 is 0. The van der Waals surface area contributed by atoms with E-state index in [1.165, 1.54) is 32.1 Å². The summed E-state index contributed by atoms with van der Waals surface area (Å²) in [6.07, 6.45) is 8.51. The van der Waals surface area contributed by atoms with E-state index in [2.05, 4.69) is 48.2 Å². The van der Waals surface area contributed by atoms with E-state index in [0.29, 0.717) is 11.4 Å². The molecule has 0 bridgehead atoms. The van der Waals surface area contributed by atoms with Crippen LogP contribution in [-0.4, -0.2) is 21.7 Å². The molecule has 0 unspecified atom stereocenters. The summed E-state index contributed by atoms with van der Waals surface area (Å²) in [7, 11) is 0. The summed E-state index contributed by atoms with van der Waals surface area (Å²) in [4.78, 5) is 4.65. The molecule has 1 heterocycles. The second-order valence-electron chi connectivity index (χ2n) is 6.89. The van der Waals surface area contributed by atoms with Crippen molar-refractivity contribution >= 4 is 5.95 Å². The van der Waals surface area contributed by atoms with Crippen LogP contribution in [0.2, 0.25) is 0 Å². The zero-order chi connectivity index (χ0) is 15.3. The Labute approximate surface area is 129 Å². The zero-order valence-electron chi connectivity index (χ0n) is 14.1. The number of aromatic nitrogens is 3. The molecule has 0 aromatic carbocycles. The quantitative estimate of drug-likeness (QED) is 0.824. The number of anilines is 1. The van der Waals surface area contributed by atoms with Gasteiger partial charge in [0.15, 0.2) is 0 Å². The lowest BCUT2D eigenvalue weighted by Gasteiger charge is -2.31. The highest BCUT2D eigenvalue weighted by Gasteiger charge is 2.34. The van der Waals surface area contributed by atoms with Crippen LogP contribution in [0.25, 0.3) is 0 Å². The van der Waals surface area contributed by atoms with Crippen molar-refractivity contribution in [3.05, 3.63) is 11.4 Å². The third-order valence-electron chi connectivity index (χ3n) is 4.64. The normalized spacial score (nSPS) is 17.4. The first-order valence-electron chi connectivity index (χ1n) is 8.55. The Morgan fingerprint density at radius 3 is 2.29 bits per heavy atom. The predicted octanol–water partition coefficient (Wildman–Crippen LogP) is 4.01. The minimum Gasteiger partial charge on any atom is -0.352 e. The summed E-state index contributed by atoms with van der Waals surface area (Å²) in [6, 6.07) is 0. The van der Waals surface area contributed by atoms with Crippen molar-refractivity contribution in [3.63, 3.8) is 0 Å². The van der Waals surface area contributed by atoms with Gasteiger partial charge in [-0.05, 0) is 43.4 Å². The molecule has 0 radical (unpaired) electrons. The number of hydrogen-bond donors (Lipinski definition) is 1. The monoisotopic (exact) mass is 290 g/mol. The molecule has 2 rings (SSSR count). The number of hydrogen-bond acceptors (Lipinski definition) is 4. The van der Waals surface area contributed by atoms with Crippen molar-refractivity contribution in [3.8, 4) is 0 Å². The lowest BCUT2D eigenvalue weighted by molar-refractivity contribution is 0.252. The minimum atomic E-state index is 0.438. The summed E-state index contributed by atoms with van der Waals surface area (Å²) in [5.41, 5.74) is 2.55. The van der Waals surface area contributed by atoms with Gasteiger partial charge in [-0.25, -0.2) is 4.98 Å². The van der Waals surface area contributed by atoms with Crippen LogP contribution in [-0.2, 0) is 12.8 Å². The van der Waals surface area contributed by atoms with Gasteiger partial charge in [0.1, 0.15) is 0 Å². The lowest BCUT2D eigenvalue weighted by atomic mass is 9.78. The van der Waals surface area contributed by atoms with Crippen LogP contribution >= 0.6 is 0 Å². The Bertz CT molecular complexity index is 450. The van der Waals surface area contributed by atoms with Crippen LogP contribution in [0.5, 0.6) is 0 Å². The molecule has 21 heavy (non-hydrogen) atoms. The average Bonchev–Trinajstić information content (AvgIpc) is 2.92. The fourth-order valence-corrected chi connectivity index (χ4v) is 3.72. The molecule has 118 valence electrons. The van der Waals surface area contributed by atoms with E-state index in [4.69, 9.17) is 0 Å². The largest absolute Gasteiger partial charge is 0.352 e. The van der Waals surface area contributed by atoms with Crippen molar-refractivity contribution in [1.29, 1.82) is 0 Å². The Hall–Kier alpha value is -1.19. The van der Waals surface area contributed by atoms with E-state index in [1.54, 1.807) is 0 Å². The number of nitrogens with zero attached hydrogens (tertiary/aromatic N) is 3. The number of nitrogens with one attached hydrogen (secondary N) is 1. The molecule has 1 aromatic heterocycles. The van der Waals surface area contributed by atoms with Crippen molar-refractivity contribution in [1.82, 2.24) is 15.2 Å². The first-order valence-corrected chi connectivity index (χ1v) is 8.55. The van der Waals surface area contributed by atoms with Crippen LogP contribution < -0.4 is 5.32 Å². The van der Waals surface area contributed by atoms with E-state index in [-0.39, 0.29) is 0 Å². The Morgan fingerprint density at radius 2 is 1.71 bits per heavy atom. The topological polar surface area (TPSA) is 50.7 Å². The van der Waals surface area contributed by atoms with Crippen molar-refractivity contribution in [2.24, 2.45) is 11.3 Å². The minimum absolute atomic E-state index is 0.438. The standard InChI is InChI=1S/C17H30N4/c1-5-14-15(6-2)20-21-16(19-14)18-12-17(11-13(3)4)9-7-8-10-17/h13H,5-12H2,1-4H3,(H,18,19,21). The second kappa shape index (κ2) is 7.19. The SMILES string of the molecule is CCc1nnc(NCC2(CC(C)C)CCCC2)nc1CC. The molecule has 0 saturated heterocycles. The third kappa shape index (κ3) is 4.14. The van der Waals surface area contributed by atoms with Gasteiger partial charge >= 0.3 is 0 Å². The van der Waals surface area contributed by atoms with E-state index in [0.717, 1.165) is 36.7 Å². The van der Waals surface area contributed by atoms with Gasteiger partial charge in [0, 0.05) is 6.54 Å². The average molecular weight is 290 g/mol. The first kappa shape index (κ1) is 16.2. The summed E-state index contributed by atoms with van der Waals surface area (Å²) in [6.45, 7) is 9.87. The molecule has 0 amide bonds. The van der Waals surface area contributed by atoms with Gasteiger partial charge in [-0.2, -0.15) is 5.10 Å². The molecular weight excluding hydrogens is 260 g/mol. The van der Waals surface area contributed by atoms with Gasteiger partial charge in [0.2, 0.25) is 5.95 Å². The molecule has 0 spiro atoms. The van der Waals surface area contributed by atoms with E-state index in [1.807, 2.05) is 0 Å². The number of rotatable bonds is 7. The fraction of sp³-hybridized carbons (Fsp3) is 0.824. The molecule has 1 aromatic rings. The third-order valence-corrected chi connectivity index (χ3v) is 4.64. The maximum atomic E-state index is 4.65. The molecule has 1 saturated carbocycles. The van der Waals surface area contributed by atoms with Crippen LogP contribution in [0.4, 0.5) is 5.95 Å². The lowest BCUT2D eigenvalue weighted by Crippen LogP contribution is -2.29. The Kier molecular flexibility index (Phi) is 5.54. The Balaban J connectivity index is 2.04. The zero-order valence-corrected chi connectivity index (χ0v) is 14.1. The molecule has 1 N–H and O–H groups in total. The summed E-state index contributed by atoms with van der Waals surface area (Å²) in [5, 5.41) is 12.1. The van der Waals surface area contributed by atoms with Crippen molar-refractivity contribution in [2.45, 2.75) is 72.6 Å². The molecule has 0 atom stereocenters. The van der Waals surface area contributed by atoms with Gasteiger partial charge in [0.25, 0.3) is 0 Å². The molecule has 1 fully saturated rings. The van der Waals surface area contributed by atoms with Gasteiger partial charge in [-0.3, -0.25) is 0 Å². The smallest absolute Gasteiger partial charge is 0.242 e. The highest BCUT2D eigenvalue weighted by Crippen LogP contribution is 2.43. The molecule has 1 aliphatic rings. The van der Waals surface area contributed by atoms with Crippen molar-refractivity contribution < 1.29 is 0 Å². The van der Waals surface area contributed by atoms with E-state index < -0.39 is 0 Å². The van der Waals surface area contributed by atoms with Crippen LogP contribution in [0.1, 0.15) is 71.2 Å². The molecular formula is C17H30N4. The Morgan fingerprint density at radius 1 is 1.05 bits per heavy atom. The van der Waals surface area contributed by atoms with Crippen molar-refractivity contribution in [2.75, 3.05) is 11.9 Å². The van der Waals surface area contributed by atoms with E-state index >= 15 is 0 Å². The van der Waals surface area contributed by atoms with Crippen LogP contribution in [0.15, 0.2) is 0 Å². The molecule has 0 aliphatic heterocycles. The predicted molar refractivity (Wildman–Crippen MR) is 87.4 cm³/mol. The highest BCUT2D eigenvalue weighted by atomic mass is 15.2. The second-order valence-corrected chi connectivity index (χ2v) is 6.89.